The van der Waals surface area contributed by atoms with Crippen LogP contribution in [-0.2, 0) is 14.8 Å². The average Bonchev–Trinajstić information content (AvgIpc) is 3.28. The van der Waals surface area contributed by atoms with Gasteiger partial charge in [0.25, 0.3) is 0 Å². The lowest BCUT2D eigenvalue weighted by Crippen LogP contribution is -2.38. The number of nitrogens with zero attached hydrogens (tertiary/aromatic N) is 2. The maximum Gasteiger partial charge on any atom is 0.407 e. The van der Waals surface area contributed by atoms with Crippen molar-refractivity contribution in [2.75, 3.05) is 26.2 Å². The highest BCUT2D eigenvalue weighted by Crippen LogP contribution is 2.24. The molecule has 1 heterocycles. The number of rotatable bonds is 10. The van der Waals surface area contributed by atoms with Gasteiger partial charge in [-0.1, -0.05) is 42.5 Å². The zero-order valence-electron chi connectivity index (χ0n) is 20.4. The van der Waals surface area contributed by atoms with Gasteiger partial charge in [-0.15, -0.1) is 10.2 Å². The summed E-state index contributed by atoms with van der Waals surface area (Å²) in [5.74, 6) is 1.09. The Hall–Kier alpha value is -3.28. The Morgan fingerprint density at radius 2 is 1.60 bits per heavy atom. The van der Waals surface area contributed by atoms with E-state index < -0.39 is 21.7 Å². The van der Waals surface area contributed by atoms with Crippen LogP contribution in [0, 0.1) is 6.92 Å². The van der Waals surface area contributed by atoms with Gasteiger partial charge in [0.15, 0.2) is 11.6 Å². The molecule has 4 N–H and O–H groups in total. The van der Waals surface area contributed by atoms with Crippen molar-refractivity contribution >= 4 is 16.1 Å². The molecule has 1 amide bonds. The number of hydrogen-bond acceptors (Lipinski definition) is 7. The normalized spacial score (nSPS) is 11.9. The summed E-state index contributed by atoms with van der Waals surface area (Å²) >= 11 is 0. The van der Waals surface area contributed by atoms with E-state index in [1.807, 2.05) is 36.4 Å². The summed E-state index contributed by atoms with van der Waals surface area (Å²) in [6.07, 6.45) is -0.488. The first kappa shape index (κ1) is 26.3. The Bertz CT molecular complexity index is 1240. The number of H-pyrrole nitrogens is 1. The molecule has 1 aromatic heterocycles. The number of aromatic amines is 1. The Kier molecular flexibility index (Phi) is 8.60. The molecular formula is C24H32N6O4S. The van der Waals surface area contributed by atoms with Gasteiger partial charge >= 0.3 is 6.09 Å². The number of carbonyl (C=O) groups is 1. The van der Waals surface area contributed by atoms with E-state index in [1.165, 1.54) is 0 Å². The molecule has 0 bridgehead atoms. The number of alkyl carbamates (subject to hydrolysis) is 1. The van der Waals surface area contributed by atoms with Crippen LogP contribution in [0.4, 0.5) is 4.79 Å². The molecule has 3 rings (SSSR count). The van der Waals surface area contributed by atoms with Gasteiger partial charge in [-0.25, -0.2) is 17.9 Å². The number of ether oxygens (including phenoxy) is 1. The van der Waals surface area contributed by atoms with Crippen LogP contribution in [0.3, 0.4) is 0 Å². The van der Waals surface area contributed by atoms with Gasteiger partial charge in [0.2, 0.25) is 10.0 Å². The maximum absolute atomic E-state index is 12.9. The number of benzene rings is 2. The van der Waals surface area contributed by atoms with Crippen LogP contribution < -0.4 is 15.4 Å². The number of nitrogens with one attached hydrogen (secondary N) is 4. The van der Waals surface area contributed by atoms with Crippen molar-refractivity contribution in [2.45, 2.75) is 38.2 Å². The largest absolute Gasteiger partial charge is 0.444 e. The van der Waals surface area contributed by atoms with Crippen LogP contribution in [0.5, 0.6) is 0 Å². The minimum atomic E-state index is -3.74. The first-order valence-corrected chi connectivity index (χ1v) is 12.8. The Morgan fingerprint density at radius 1 is 0.943 bits per heavy atom. The first-order valence-electron chi connectivity index (χ1n) is 11.3. The molecule has 0 aliphatic heterocycles. The zero-order chi connectivity index (χ0) is 25.5. The summed E-state index contributed by atoms with van der Waals surface area (Å²) in [6, 6.07) is 14.7. The minimum Gasteiger partial charge on any atom is -0.444 e. The lowest BCUT2D eigenvalue weighted by Gasteiger charge is -2.19. The van der Waals surface area contributed by atoms with Gasteiger partial charge in [0, 0.05) is 37.3 Å². The lowest BCUT2D eigenvalue weighted by molar-refractivity contribution is 0.0528. The van der Waals surface area contributed by atoms with Crippen LogP contribution in [0.15, 0.2) is 53.4 Å². The molecule has 0 saturated carbocycles. The molecule has 0 radical (unpaired) electrons. The topological polar surface area (TPSA) is 138 Å². The standard InChI is InChI=1S/C24H32N6O4S/c1-17-10-11-19(22-28-21(29-30-22)18-8-6-5-7-9-18)16-20(17)35(32,33)27-15-13-25-12-14-26-23(31)34-24(2,3)4/h5-11,16,25,27H,12-15H2,1-4H3,(H,26,31)(H,28,29,30). The van der Waals surface area contributed by atoms with Crippen LogP contribution in [0.2, 0.25) is 0 Å². The van der Waals surface area contributed by atoms with Crippen molar-refractivity contribution in [1.82, 2.24) is 30.5 Å². The molecule has 0 unspecified atom stereocenters. The first-order chi connectivity index (χ1) is 16.5. The molecule has 0 atom stereocenters. The summed E-state index contributed by atoms with van der Waals surface area (Å²) in [5, 5.41) is 14.1. The van der Waals surface area contributed by atoms with Crippen molar-refractivity contribution in [3.8, 4) is 22.8 Å². The van der Waals surface area contributed by atoms with Crippen molar-refractivity contribution < 1.29 is 17.9 Å². The number of carbonyl (C=O) groups excluding carboxylic acids is 1. The van der Waals surface area contributed by atoms with Gasteiger partial charge < -0.3 is 20.4 Å². The number of sulfonamides is 1. The molecule has 0 spiro atoms. The minimum absolute atomic E-state index is 0.180. The second kappa shape index (κ2) is 11.4. The SMILES string of the molecule is Cc1ccc(-c2nnc(-c3ccccc3)[nH]2)cc1S(=O)(=O)NCCNCCNC(=O)OC(C)(C)C. The second-order valence-electron chi connectivity index (χ2n) is 8.94. The highest BCUT2D eigenvalue weighted by molar-refractivity contribution is 7.89. The van der Waals surface area contributed by atoms with Gasteiger partial charge in [-0.3, -0.25) is 0 Å². The van der Waals surface area contributed by atoms with Crippen molar-refractivity contribution in [2.24, 2.45) is 0 Å². The summed E-state index contributed by atoms with van der Waals surface area (Å²) < 4.78 is 33.6. The maximum atomic E-state index is 12.9. The van der Waals surface area contributed by atoms with E-state index in [4.69, 9.17) is 4.74 Å². The van der Waals surface area contributed by atoms with Crippen molar-refractivity contribution in [1.29, 1.82) is 0 Å². The van der Waals surface area contributed by atoms with Crippen LogP contribution in [0.1, 0.15) is 26.3 Å². The third kappa shape index (κ3) is 7.88. The highest BCUT2D eigenvalue weighted by Gasteiger charge is 2.19. The van der Waals surface area contributed by atoms with Gasteiger partial charge in [0.05, 0.1) is 4.90 Å². The number of hydrogen-bond donors (Lipinski definition) is 4. The Morgan fingerprint density at radius 3 is 2.29 bits per heavy atom. The Labute approximate surface area is 205 Å². The van der Waals surface area contributed by atoms with Crippen molar-refractivity contribution in [3.05, 3.63) is 54.1 Å². The van der Waals surface area contributed by atoms with E-state index in [0.29, 0.717) is 42.4 Å². The predicted molar refractivity (Wildman–Crippen MR) is 134 cm³/mol. The molecule has 0 aliphatic carbocycles. The molecule has 3 aromatic rings. The third-order valence-corrected chi connectivity index (χ3v) is 6.45. The van der Waals surface area contributed by atoms with E-state index in [9.17, 15) is 13.2 Å². The van der Waals surface area contributed by atoms with Crippen LogP contribution in [0.25, 0.3) is 22.8 Å². The van der Waals surface area contributed by atoms with E-state index in [0.717, 1.165) is 5.56 Å². The highest BCUT2D eigenvalue weighted by atomic mass is 32.2. The quantitative estimate of drug-likeness (QED) is 0.314. The molecule has 35 heavy (non-hydrogen) atoms. The fourth-order valence-corrected chi connectivity index (χ4v) is 4.50. The van der Waals surface area contributed by atoms with Gasteiger partial charge in [0.1, 0.15) is 5.60 Å². The smallest absolute Gasteiger partial charge is 0.407 e. The van der Waals surface area contributed by atoms with Crippen LogP contribution >= 0.6 is 0 Å². The molecular weight excluding hydrogens is 468 g/mol. The van der Waals surface area contributed by atoms with E-state index in [-0.39, 0.29) is 11.4 Å². The average molecular weight is 501 g/mol. The van der Waals surface area contributed by atoms with Gasteiger partial charge in [-0.05, 0) is 39.3 Å². The number of aryl methyl sites for hydroxylation is 1. The molecule has 0 saturated heterocycles. The van der Waals surface area contributed by atoms with Gasteiger partial charge in [-0.2, -0.15) is 0 Å². The van der Waals surface area contributed by atoms with E-state index in [2.05, 4.69) is 30.5 Å². The van der Waals surface area contributed by atoms with Crippen LogP contribution in [-0.4, -0.2) is 61.5 Å². The van der Waals surface area contributed by atoms with Crippen molar-refractivity contribution in [3.63, 3.8) is 0 Å². The third-order valence-electron chi connectivity index (χ3n) is 4.85. The fourth-order valence-electron chi connectivity index (χ4n) is 3.20. The number of amides is 1. The molecule has 0 aliphatic rings. The number of aromatic nitrogens is 3. The summed E-state index contributed by atoms with van der Waals surface area (Å²) in [5.41, 5.74) is 1.58. The fraction of sp³-hybridized carbons (Fsp3) is 0.375. The molecule has 188 valence electrons. The summed E-state index contributed by atoms with van der Waals surface area (Å²) in [4.78, 5) is 14.9. The summed E-state index contributed by atoms with van der Waals surface area (Å²) in [6.45, 7) is 8.56. The zero-order valence-corrected chi connectivity index (χ0v) is 21.2. The van der Waals surface area contributed by atoms with E-state index in [1.54, 1.807) is 39.8 Å². The molecule has 10 nitrogen and oxygen atoms in total. The summed E-state index contributed by atoms with van der Waals surface area (Å²) in [7, 11) is -3.74. The second-order valence-corrected chi connectivity index (χ2v) is 10.7. The monoisotopic (exact) mass is 500 g/mol. The molecule has 0 fully saturated rings. The molecule has 11 heteroatoms. The molecule has 2 aromatic carbocycles. The Balaban J connectivity index is 1.53. The lowest BCUT2D eigenvalue weighted by atomic mass is 10.1. The van der Waals surface area contributed by atoms with E-state index >= 15 is 0 Å². The predicted octanol–water partition coefficient (Wildman–Crippen LogP) is 2.84.